The van der Waals surface area contributed by atoms with Crippen molar-refractivity contribution in [2.45, 2.75) is 6.10 Å². The average Bonchev–Trinajstić information content (AvgIpc) is 2.29. The number of hydrogen-bond acceptors (Lipinski definition) is 3. The van der Waals surface area contributed by atoms with Crippen molar-refractivity contribution in [2.75, 3.05) is 34.0 Å². The van der Waals surface area contributed by atoms with Gasteiger partial charge < -0.3 is 14.2 Å². The van der Waals surface area contributed by atoms with Gasteiger partial charge in [-0.05, 0) is 5.56 Å². The Bertz CT molecular complexity index is 248. The lowest BCUT2D eigenvalue weighted by atomic mass is 10.1. The van der Waals surface area contributed by atoms with Crippen molar-refractivity contribution in [1.29, 1.82) is 0 Å². The van der Waals surface area contributed by atoms with Gasteiger partial charge in [0.05, 0.1) is 19.8 Å². The van der Waals surface area contributed by atoms with Crippen LogP contribution in [0, 0.1) is 0 Å². The molecule has 1 aromatic carbocycles. The van der Waals surface area contributed by atoms with E-state index in [1.165, 1.54) is 0 Å². The molecule has 1 rings (SSSR count). The summed E-state index contributed by atoms with van der Waals surface area (Å²) in [5.41, 5.74) is 1.13. The summed E-state index contributed by atoms with van der Waals surface area (Å²) in [7, 11) is 3.34. The zero-order chi connectivity index (χ0) is 10.9. The van der Waals surface area contributed by atoms with Crippen LogP contribution in [-0.4, -0.2) is 34.0 Å². The fraction of sp³-hybridized carbons (Fsp3) is 0.500. The normalized spacial score (nSPS) is 12.7. The van der Waals surface area contributed by atoms with Crippen molar-refractivity contribution in [3.63, 3.8) is 0 Å². The van der Waals surface area contributed by atoms with Gasteiger partial charge >= 0.3 is 0 Å². The Kier molecular flexibility index (Phi) is 6.00. The summed E-state index contributed by atoms with van der Waals surface area (Å²) >= 11 is 0. The van der Waals surface area contributed by atoms with Crippen LogP contribution in [0.1, 0.15) is 11.7 Å². The highest BCUT2D eigenvalue weighted by Gasteiger charge is 2.10. The fourth-order valence-corrected chi connectivity index (χ4v) is 1.33. The van der Waals surface area contributed by atoms with Gasteiger partial charge in [0, 0.05) is 14.2 Å². The van der Waals surface area contributed by atoms with Crippen LogP contribution in [0.3, 0.4) is 0 Å². The maximum absolute atomic E-state index is 5.66. The maximum atomic E-state index is 5.66. The summed E-state index contributed by atoms with van der Waals surface area (Å²) in [6.45, 7) is 1.75. The Balaban J connectivity index is 2.50. The molecular formula is C12H18O3. The van der Waals surface area contributed by atoms with Crippen molar-refractivity contribution in [1.82, 2.24) is 0 Å². The average molecular weight is 210 g/mol. The molecule has 1 unspecified atom stereocenters. The minimum absolute atomic E-state index is 0.00801. The Hall–Kier alpha value is -0.900. The molecule has 3 nitrogen and oxygen atoms in total. The number of methoxy groups -OCH3 is 2. The van der Waals surface area contributed by atoms with Crippen LogP contribution >= 0.6 is 0 Å². The number of hydrogen-bond donors (Lipinski definition) is 0. The molecule has 0 aliphatic rings. The molecule has 0 bridgehead atoms. The topological polar surface area (TPSA) is 27.7 Å². The summed E-state index contributed by atoms with van der Waals surface area (Å²) in [6, 6.07) is 10.1. The first-order chi connectivity index (χ1) is 7.38. The quantitative estimate of drug-likeness (QED) is 0.644. The van der Waals surface area contributed by atoms with Crippen molar-refractivity contribution >= 4 is 0 Å². The minimum Gasteiger partial charge on any atom is -0.382 e. The molecule has 0 aliphatic carbocycles. The zero-order valence-corrected chi connectivity index (χ0v) is 9.31. The maximum Gasteiger partial charge on any atom is 0.106 e. The van der Waals surface area contributed by atoms with E-state index in [1.54, 1.807) is 14.2 Å². The van der Waals surface area contributed by atoms with E-state index in [1.807, 2.05) is 30.3 Å². The third-order valence-electron chi connectivity index (χ3n) is 2.10. The Morgan fingerprint density at radius 2 is 1.73 bits per heavy atom. The first-order valence-electron chi connectivity index (χ1n) is 5.03. The molecule has 1 aromatic rings. The standard InChI is InChI=1S/C12H18O3/c1-13-8-9-15-12(10-14-2)11-6-4-3-5-7-11/h3-7,12H,8-10H2,1-2H3. The molecule has 0 amide bonds. The van der Waals surface area contributed by atoms with Crippen molar-refractivity contribution < 1.29 is 14.2 Å². The largest absolute Gasteiger partial charge is 0.382 e. The second-order valence-electron chi connectivity index (χ2n) is 3.22. The molecule has 0 aliphatic heterocycles. The molecule has 0 aromatic heterocycles. The molecule has 0 heterocycles. The van der Waals surface area contributed by atoms with Crippen LogP contribution in [0.5, 0.6) is 0 Å². The summed E-state index contributed by atoms with van der Waals surface area (Å²) < 4.78 is 15.7. The number of rotatable bonds is 7. The van der Waals surface area contributed by atoms with Gasteiger partial charge in [-0.3, -0.25) is 0 Å². The predicted octanol–water partition coefficient (Wildman–Crippen LogP) is 2.04. The summed E-state index contributed by atoms with van der Waals surface area (Å²) in [4.78, 5) is 0. The van der Waals surface area contributed by atoms with E-state index < -0.39 is 0 Å². The molecule has 0 saturated heterocycles. The van der Waals surface area contributed by atoms with Crippen LogP contribution < -0.4 is 0 Å². The van der Waals surface area contributed by atoms with Gasteiger partial charge in [0.2, 0.25) is 0 Å². The molecule has 0 radical (unpaired) electrons. The third kappa shape index (κ3) is 4.42. The summed E-state index contributed by atoms with van der Waals surface area (Å²) in [6.07, 6.45) is -0.00801. The van der Waals surface area contributed by atoms with Crippen LogP contribution in [0.4, 0.5) is 0 Å². The highest BCUT2D eigenvalue weighted by molar-refractivity contribution is 5.17. The van der Waals surface area contributed by atoms with Crippen LogP contribution in [0.15, 0.2) is 30.3 Å². The monoisotopic (exact) mass is 210 g/mol. The smallest absolute Gasteiger partial charge is 0.106 e. The minimum atomic E-state index is -0.00801. The molecule has 3 heteroatoms. The zero-order valence-electron chi connectivity index (χ0n) is 9.31. The van der Waals surface area contributed by atoms with E-state index in [4.69, 9.17) is 14.2 Å². The van der Waals surface area contributed by atoms with Gasteiger partial charge in [-0.25, -0.2) is 0 Å². The number of ether oxygens (including phenoxy) is 3. The molecule has 15 heavy (non-hydrogen) atoms. The first kappa shape index (κ1) is 12.2. The molecule has 84 valence electrons. The fourth-order valence-electron chi connectivity index (χ4n) is 1.33. The molecule has 0 saturated carbocycles. The summed E-state index contributed by atoms with van der Waals surface area (Å²) in [5, 5.41) is 0. The van der Waals surface area contributed by atoms with E-state index >= 15 is 0 Å². The molecule has 1 atom stereocenters. The van der Waals surface area contributed by atoms with E-state index in [2.05, 4.69) is 0 Å². The molecule has 0 fully saturated rings. The lowest BCUT2D eigenvalue weighted by molar-refractivity contribution is -0.0231. The van der Waals surface area contributed by atoms with Gasteiger partial charge in [0.1, 0.15) is 6.10 Å². The summed E-state index contributed by atoms with van der Waals surface area (Å²) in [5.74, 6) is 0. The Morgan fingerprint density at radius 3 is 2.33 bits per heavy atom. The highest BCUT2D eigenvalue weighted by atomic mass is 16.5. The van der Waals surface area contributed by atoms with E-state index in [9.17, 15) is 0 Å². The van der Waals surface area contributed by atoms with Gasteiger partial charge in [-0.1, -0.05) is 30.3 Å². The SMILES string of the molecule is COCCOC(COC)c1ccccc1. The molecular weight excluding hydrogens is 192 g/mol. The number of benzene rings is 1. The van der Waals surface area contributed by atoms with Crippen LogP contribution in [-0.2, 0) is 14.2 Å². The van der Waals surface area contributed by atoms with Crippen molar-refractivity contribution in [3.8, 4) is 0 Å². The van der Waals surface area contributed by atoms with E-state index in [0.29, 0.717) is 19.8 Å². The van der Waals surface area contributed by atoms with E-state index in [-0.39, 0.29) is 6.10 Å². The lowest BCUT2D eigenvalue weighted by Crippen LogP contribution is -2.13. The Labute approximate surface area is 91.0 Å². The van der Waals surface area contributed by atoms with E-state index in [0.717, 1.165) is 5.56 Å². The van der Waals surface area contributed by atoms with Gasteiger partial charge in [-0.15, -0.1) is 0 Å². The highest BCUT2D eigenvalue weighted by Crippen LogP contribution is 2.16. The van der Waals surface area contributed by atoms with Gasteiger partial charge in [-0.2, -0.15) is 0 Å². The Morgan fingerprint density at radius 1 is 1.00 bits per heavy atom. The van der Waals surface area contributed by atoms with Crippen molar-refractivity contribution in [2.24, 2.45) is 0 Å². The third-order valence-corrected chi connectivity index (χ3v) is 2.10. The molecule has 0 N–H and O–H groups in total. The van der Waals surface area contributed by atoms with Gasteiger partial charge in [0.25, 0.3) is 0 Å². The lowest BCUT2D eigenvalue weighted by Gasteiger charge is -2.17. The second-order valence-corrected chi connectivity index (χ2v) is 3.22. The van der Waals surface area contributed by atoms with Crippen molar-refractivity contribution in [3.05, 3.63) is 35.9 Å². The van der Waals surface area contributed by atoms with Crippen LogP contribution in [0.25, 0.3) is 0 Å². The van der Waals surface area contributed by atoms with Gasteiger partial charge in [0.15, 0.2) is 0 Å². The predicted molar refractivity (Wildman–Crippen MR) is 58.9 cm³/mol. The second kappa shape index (κ2) is 7.40. The van der Waals surface area contributed by atoms with Crippen LogP contribution in [0.2, 0.25) is 0 Å². The first-order valence-corrected chi connectivity index (χ1v) is 5.03. The molecule has 0 spiro atoms.